The van der Waals surface area contributed by atoms with Gasteiger partial charge in [0.25, 0.3) is 11.2 Å². The second-order valence-electron chi connectivity index (χ2n) is 5.01. The number of aryl methyl sites for hydroxylation is 1. The molecule has 2 heterocycles. The summed E-state index contributed by atoms with van der Waals surface area (Å²) in [7, 11) is 0. The maximum Gasteiger partial charge on any atom is 0.286 e. The summed E-state index contributed by atoms with van der Waals surface area (Å²) in [5, 5.41) is 13.5. The van der Waals surface area contributed by atoms with Crippen molar-refractivity contribution in [2.24, 2.45) is 0 Å². The number of ether oxygens (including phenoxy) is 1. The summed E-state index contributed by atoms with van der Waals surface area (Å²) < 4.78 is 6.43. The monoisotopic (exact) mass is 295 g/mol. The Morgan fingerprint density at radius 2 is 2.38 bits per heavy atom. The lowest BCUT2D eigenvalue weighted by molar-refractivity contribution is -0.385. The summed E-state index contributed by atoms with van der Waals surface area (Å²) >= 11 is 0. The fourth-order valence-corrected chi connectivity index (χ4v) is 2.23. The molecule has 1 aromatic rings. The van der Waals surface area contributed by atoms with Gasteiger partial charge < -0.3 is 10.1 Å². The van der Waals surface area contributed by atoms with Crippen LogP contribution in [0, 0.1) is 17.0 Å². The molecule has 8 heteroatoms. The minimum Gasteiger partial charge on any atom is -0.376 e. The van der Waals surface area contributed by atoms with E-state index in [1.54, 1.807) is 0 Å². The number of nitro groups is 1. The van der Waals surface area contributed by atoms with Crippen molar-refractivity contribution in [3.05, 3.63) is 38.3 Å². The zero-order valence-electron chi connectivity index (χ0n) is 11.7. The molecule has 1 aromatic heterocycles. The minimum atomic E-state index is -0.590. The van der Waals surface area contributed by atoms with Crippen LogP contribution in [0.5, 0.6) is 0 Å². The maximum atomic E-state index is 11.9. The van der Waals surface area contributed by atoms with Gasteiger partial charge in [-0.1, -0.05) is 0 Å². The van der Waals surface area contributed by atoms with E-state index >= 15 is 0 Å². The first kappa shape index (κ1) is 15.2. The van der Waals surface area contributed by atoms with E-state index in [1.807, 2.05) is 0 Å². The van der Waals surface area contributed by atoms with E-state index in [2.05, 4.69) is 5.32 Å². The second kappa shape index (κ2) is 6.49. The largest absolute Gasteiger partial charge is 0.376 e. The highest BCUT2D eigenvalue weighted by Gasteiger charge is 2.17. The van der Waals surface area contributed by atoms with Gasteiger partial charge in [0.15, 0.2) is 0 Å². The summed E-state index contributed by atoms with van der Waals surface area (Å²) in [4.78, 5) is 33.9. The van der Waals surface area contributed by atoms with Crippen molar-refractivity contribution in [3.8, 4) is 0 Å². The Morgan fingerprint density at radius 1 is 1.62 bits per heavy atom. The van der Waals surface area contributed by atoms with E-state index < -0.39 is 10.5 Å². The number of aromatic nitrogens is 1. The predicted octanol–water partition coefficient (Wildman–Crippen LogP) is 0.360. The Labute approximate surface area is 120 Å². The molecule has 8 nitrogen and oxygen atoms in total. The Bertz CT molecular complexity index is 604. The summed E-state index contributed by atoms with van der Waals surface area (Å²) in [6.07, 6.45) is 2.97. The molecule has 1 aliphatic heterocycles. The van der Waals surface area contributed by atoms with Crippen molar-refractivity contribution in [2.75, 3.05) is 13.2 Å². The van der Waals surface area contributed by atoms with Crippen LogP contribution in [0.25, 0.3) is 0 Å². The molecule has 1 fully saturated rings. The maximum absolute atomic E-state index is 11.9. The van der Waals surface area contributed by atoms with Crippen LogP contribution in [0.15, 0.2) is 17.1 Å². The molecule has 0 spiro atoms. The molecule has 0 aliphatic carbocycles. The molecular weight excluding hydrogens is 278 g/mol. The lowest BCUT2D eigenvalue weighted by Gasteiger charge is -2.11. The molecule has 2 rings (SSSR count). The van der Waals surface area contributed by atoms with E-state index in [1.165, 1.54) is 13.0 Å². The average Bonchev–Trinajstić information content (AvgIpc) is 2.94. The third-order valence-corrected chi connectivity index (χ3v) is 3.33. The van der Waals surface area contributed by atoms with Gasteiger partial charge in [-0.3, -0.25) is 24.3 Å². The topological polar surface area (TPSA) is 103 Å². The molecule has 1 unspecified atom stereocenters. The number of carbonyl (C=O) groups is 1. The Balaban J connectivity index is 2.02. The highest BCUT2D eigenvalue weighted by atomic mass is 16.6. The fraction of sp³-hybridized carbons (Fsp3) is 0.538. The second-order valence-corrected chi connectivity index (χ2v) is 5.01. The predicted molar refractivity (Wildman–Crippen MR) is 74.1 cm³/mol. The van der Waals surface area contributed by atoms with Gasteiger partial charge >= 0.3 is 0 Å². The van der Waals surface area contributed by atoms with Crippen LogP contribution < -0.4 is 10.9 Å². The Morgan fingerprint density at radius 3 is 3.00 bits per heavy atom. The fourth-order valence-electron chi connectivity index (χ4n) is 2.23. The first-order chi connectivity index (χ1) is 9.97. The van der Waals surface area contributed by atoms with Gasteiger partial charge in [-0.05, 0) is 19.8 Å². The van der Waals surface area contributed by atoms with Gasteiger partial charge in [0.1, 0.15) is 6.54 Å². The van der Waals surface area contributed by atoms with Gasteiger partial charge in [-0.15, -0.1) is 0 Å². The number of hydrogen-bond acceptors (Lipinski definition) is 5. The molecular formula is C13H17N3O5. The van der Waals surface area contributed by atoms with Crippen LogP contribution in [0.1, 0.15) is 18.4 Å². The third kappa shape index (κ3) is 3.88. The van der Waals surface area contributed by atoms with Crippen LogP contribution in [0.3, 0.4) is 0 Å². The van der Waals surface area contributed by atoms with Crippen molar-refractivity contribution in [1.82, 2.24) is 9.88 Å². The van der Waals surface area contributed by atoms with E-state index in [4.69, 9.17) is 4.74 Å². The lowest BCUT2D eigenvalue weighted by atomic mass is 10.2. The summed E-state index contributed by atoms with van der Waals surface area (Å²) in [6.45, 7) is 2.33. The molecule has 114 valence electrons. The van der Waals surface area contributed by atoms with E-state index in [0.717, 1.165) is 23.6 Å². The molecule has 1 atom stereocenters. The van der Waals surface area contributed by atoms with Gasteiger partial charge in [-0.2, -0.15) is 0 Å². The number of amides is 1. The number of hydrogen-bond donors (Lipinski definition) is 1. The van der Waals surface area contributed by atoms with Crippen LogP contribution >= 0.6 is 0 Å². The zero-order chi connectivity index (χ0) is 15.4. The van der Waals surface area contributed by atoms with E-state index in [0.29, 0.717) is 13.2 Å². The van der Waals surface area contributed by atoms with Crippen molar-refractivity contribution in [2.45, 2.75) is 32.4 Å². The first-order valence-corrected chi connectivity index (χ1v) is 6.71. The normalized spacial score (nSPS) is 17.7. The molecule has 1 aliphatic rings. The molecule has 0 aromatic carbocycles. The zero-order valence-corrected chi connectivity index (χ0v) is 11.7. The van der Waals surface area contributed by atoms with Crippen molar-refractivity contribution in [1.29, 1.82) is 0 Å². The standard InChI is InChI=1S/C13H17N3O5/c1-9-5-10(16(19)20)7-15(13(9)18)8-12(17)14-6-11-3-2-4-21-11/h5,7,11H,2-4,6,8H2,1H3,(H,14,17). The summed E-state index contributed by atoms with van der Waals surface area (Å²) in [6, 6.07) is 1.20. The number of carbonyl (C=O) groups excluding carboxylic acids is 1. The molecule has 1 amide bonds. The smallest absolute Gasteiger partial charge is 0.286 e. The van der Waals surface area contributed by atoms with Crippen LogP contribution in [0.2, 0.25) is 0 Å². The van der Waals surface area contributed by atoms with Gasteiger partial charge in [0.2, 0.25) is 5.91 Å². The van der Waals surface area contributed by atoms with Crippen LogP contribution in [0.4, 0.5) is 5.69 Å². The van der Waals surface area contributed by atoms with Crippen LogP contribution in [-0.2, 0) is 16.1 Å². The van der Waals surface area contributed by atoms with Crippen molar-refractivity contribution in [3.63, 3.8) is 0 Å². The highest BCUT2D eigenvalue weighted by molar-refractivity contribution is 5.75. The molecule has 21 heavy (non-hydrogen) atoms. The quantitative estimate of drug-likeness (QED) is 0.624. The number of rotatable bonds is 5. The number of nitrogens with one attached hydrogen (secondary N) is 1. The van der Waals surface area contributed by atoms with Crippen molar-refractivity contribution >= 4 is 11.6 Å². The molecule has 0 saturated carbocycles. The molecule has 0 bridgehead atoms. The third-order valence-electron chi connectivity index (χ3n) is 3.33. The number of nitrogens with zero attached hydrogens (tertiary/aromatic N) is 2. The van der Waals surface area contributed by atoms with Crippen LogP contribution in [-0.4, -0.2) is 34.7 Å². The molecule has 1 N–H and O–H groups in total. The summed E-state index contributed by atoms with van der Waals surface area (Å²) in [5.74, 6) is -0.368. The SMILES string of the molecule is Cc1cc([N+](=O)[O-])cn(CC(=O)NCC2CCCO2)c1=O. The van der Waals surface area contributed by atoms with Gasteiger partial charge in [0, 0.05) is 24.8 Å². The van der Waals surface area contributed by atoms with E-state index in [-0.39, 0.29) is 29.8 Å². The Hall–Kier alpha value is -2.22. The first-order valence-electron chi connectivity index (χ1n) is 6.71. The number of pyridine rings is 1. The minimum absolute atomic E-state index is 0.0116. The highest BCUT2D eigenvalue weighted by Crippen LogP contribution is 2.11. The van der Waals surface area contributed by atoms with Crippen molar-refractivity contribution < 1.29 is 14.5 Å². The average molecular weight is 295 g/mol. The lowest BCUT2D eigenvalue weighted by Crippen LogP contribution is -2.36. The molecule has 1 saturated heterocycles. The molecule has 0 radical (unpaired) electrons. The van der Waals surface area contributed by atoms with E-state index in [9.17, 15) is 19.7 Å². The van der Waals surface area contributed by atoms with Gasteiger partial charge in [0.05, 0.1) is 17.2 Å². The Kier molecular flexibility index (Phi) is 4.69. The van der Waals surface area contributed by atoms with Gasteiger partial charge in [-0.25, -0.2) is 0 Å². The summed E-state index contributed by atoms with van der Waals surface area (Å²) in [5.41, 5.74) is -0.386.